The van der Waals surface area contributed by atoms with E-state index in [1.54, 1.807) is 6.07 Å². The molecule has 0 aliphatic rings. The van der Waals surface area contributed by atoms with Crippen molar-refractivity contribution in [1.82, 2.24) is 0 Å². The second-order valence-electron chi connectivity index (χ2n) is 2.68. The number of aliphatic carboxylic acids is 1. The molecule has 0 atom stereocenters. The lowest BCUT2D eigenvalue weighted by molar-refractivity contribution is -0.135. The second-order valence-corrected chi connectivity index (χ2v) is 2.68. The van der Waals surface area contributed by atoms with Gasteiger partial charge in [-0.3, -0.25) is 4.79 Å². The molecule has 0 aliphatic carbocycles. The van der Waals surface area contributed by atoms with Crippen molar-refractivity contribution >= 4 is 5.97 Å². The molecule has 4 heteroatoms. The van der Waals surface area contributed by atoms with Gasteiger partial charge in [-0.2, -0.15) is 5.26 Å². The Morgan fingerprint density at radius 3 is 2.87 bits per heavy atom. The normalized spacial score (nSPS) is 8.53. The zero-order valence-electron chi connectivity index (χ0n) is 7.62. The molecule has 0 aromatic heterocycles. The van der Waals surface area contributed by atoms with E-state index in [1.165, 1.54) is 12.1 Å². The quantitative estimate of drug-likeness (QED) is 0.704. The molecule has 0 saturated heterocycles. The minimum absolute atomic E-state index is 0.0999. The maximum atomic E-state index is 12.9. The Morgan fingerprint density at radius 2 is 2.27 bits per heavy atom. The largest absolute Gasteiger partial charge is 0.481 e. The van der Waals surface area contributed by atoms with E-state index in [9.17, 15) is 9.18 Å². The Balaban J connectivity index is 2.92. The summed E-state index contributed by atoms with van der Waals surface area (Å²) >= 11 is 0. The maximum Gasteiger partial charge on any atom is 0.315 e. The highest BCUT2D eigenvalue weighted by molar-refractivity contribution is 5.70. The molecular formula is C11H6FNO2. The van der Waals surface area contributed by atoms with Gasteiger partial charge in [0, 0.05) is 5.56 Å². The summed E-state index contributed by atoms with van der Waals surface area (Å²) in [6.45, 7) is 0. The lowest BCUT2D eigenvalue weighted by Gasteiger charge is -1.93. The number of carbonyl (C=O) groups is 1. The first kappa shape index (κ1) is 10.7. The van der Waals surface area contributed by atoms with Crippen LogP contribution in [0, 0.1) is 29.0 Å². The maximum absolute atomic E-state index is 12.9. The summed E-state index contributed by atoms with van der Waals surface area (Å²) in [5, 5.41) is 16.8. The molecule has 1 rings (SSSR count). The van der Waals surface area contributed by atoms with E-state index in [0.717, 1.165) is 6.07 Å². The SMILES string of the molecule is N#Cc1cc(C#CCC(=O)O)ccc1F. The first-order valence-electron chi connectivity index (χ1n) is 4.04. The first-order chi connectivity index (χ1) is 7.13. The first-order valence-corrected chi connectivity index (χ1v) is 4.04. The van der Waals surface area contributed by atoms with Crippen LogP contribution in [-0.2, 0) is 4.79 Å². The predicted octanol–water partition coefficient (Wildman–Crippen LogP) is 1.52. The lowest BCUT2D eigenvalue weighted by atomic mass is 10.1. The van der Waals surface area contributed by atoms with Crippen LogP contribution >= 0.6 is 0 Å². The third-order valence-corrected chi connectivity index (χ3v) is 1.56. The standard InChI is InChI=1S/C11H6FNO2/c12-10-5-4-8(6-9(10)7-13)2-1-3-11(14)15/h4-6H,3H2,(H,14,15). The fourth-order valence-electron chi connectivity index (χ4n) is 0.911. The average Bonchev–Trinajstić information content (AvgIpc) is 2.20. The summed E-state index contributed by atoms with van der Waals surface area (Å²) in [5.74, 6) is 3.29. The molecule has 0 heterocycles. The lowest BCUT2D eigenvalue weighted by Crippen LogP contribution is -1.90. The number of benzene rings is 1. The van der Waals surface area contributed by atoms with Gasteiger partial charge in [-0.1, -0.05) is 11.8 Å². The third kappa shape index (κ3) is 3.13. The van der Waals surface area contributed by atoms with Crippen molar-refractivity contribution in [1.29, 1.82) is 5.26 Å². The number of hydrogen-bond acceptors (Lipinski definition) is 2. The van der Waals surface area contributed by atoms with Crippen LogP contribution in [0.3, 0.4) is 0 Å². The van der Waals surface area contributed by atoms with Gasteiger partial charge in [0.2, 0.25) is 0 Å². The minimum atomic E-state index is -1.02. The summed E-state index contributed by atoms with van der Waals surface area (Å²) in [4.78, 5) is 10.2. The topological polar surface area (TPSA) is 61.1 Å². The molecule has 0 unspecified atom stereocenters. The van der Waals surface area contributed by atoms with E-state index in [1.807, 2.05) is 0 Å². The zero-order chi connectivity index (χ0) is 11.3. The highest BCUT2D eigenvalue weighted by atomic mass is 19.1. The summed E-state index contributed by atoms with van der Waals surface area (Å²) in [7, 11) is 0. The molecule has 1 N–H and O–H groups in total. The van der Waals surface area contributed by atoms with Crippen LogP contribution < -0.4 is 0 Å². The second kappa shape index (κ2) is 4.78. The average molecular weight is 203 g/mol. The van der Waals surface area contributed by atoms with Gasteiger partial charge >= 0.3 is 5.97 Å². The Labute approximate surface area is 85.8 Å². The van der Waals surface area contributed by atoms with Gasteiger partial charge in [-0.25, -0.2) is 4.39 Å². The fourth-order valence-corrected chi connectivity index (χ4v) is 0.911. The van der Waals surface area contributed by atoms with Crippen LogP contribution in [0.1, 0.15) is 17.5 Å². The van der Waals surface area contributed by atoms with Crippen LogP contribution in [0.4, 0.5) is 4.39 Å². The van der Waals surface area contributed by atoms with E-state index in [4.69, 9.17) is 10.4 Å². The van der Waals surface area contributed by atoms with Gasteiger partial charge in [-0.15, -0.1) is 0 Å². The van der Waals surface area contributed by atoms with Crippen molar-refractivity contribution in [3.63, 3.8) is 0 Å². The van der Waals surface area contributed by atoms with Crippen molar-refractivity contribution in [2.45, 2.75) is 6.42 Å². The van der Waals surface area contributed by atoms with Gasteiger partial charge in [0.25, 0.3) is 0 Å². The van der Waals surface area contributed by atoms with E-state index in [-0.39, 0.29) is 12.0 Å². The van der Waals surface area contributed by atoms with Gasteiger partial charge in [-0.05, 0) is 18.2 Å². The van der Waals surface area contributed by atoms with E-state index < -0.39 is 11.8 Å². The predicted molar refractivity (Wildman–Crippen MR) is 50.2 cm³/mol. The number of nitriles is 1. The Kier molecular flexibility index (Phi) is 3.43. The van der Waals surface area contributed by atoms with Crippen LogP contribution in [0.15, 0.2) is 18.2 Å². The Bertz CT molecular complexity index is 492. The Hall–Kier alpha value is -2.33. The molecule has 1 aromatic carbocycles. The molecule has 0 fully saturated rings. The molecule has 0 saturated carbocycles. The molecule has 0 aliphatic heterocycles. The summed E-state index contributed by atoms with van der Waals surface area (Å²) in [6.07, 6.45) is -0.279. The highest BCUT2D eigenvalue weighted by Crippen LogP contribution is 2.08. The van der Waals surface area contributed by atoms with Crippen molar-refractivity contribution < 1.29 is 14.3 Å². The number of hydrogen-bond donors (Lipinski definition) is 1. The summed E-state index contributed by atoms with van der Waals surface area (Å²) in [5.41, 5.74) is 0.325. The van der Waals surface area contributed by atoms with Gasteiger partial charge < -0.3 is 5.11 Å². The van der Waals surface area contributed by atoms with Crippen molar-refractivity contribution in [3.05, 3.63) is 35.1 Å². The molecule has 0 spiro atoms. The van der Waals surface area contributed by atoms with Crippen molar-refractivity contribution in [3.8, 4) is 17.9 Å². The van der Waals surface area contributed by atoms with Gasteiger partial charge in [0.1, 0.15) is 18.3 Å². The molecule has 15 heavy (non-hydrogen) atoms. The molecule has 74 valence electrons. The molecule has 0 bridgehead atoms. The molecular weight excluding hydrogens is 197 g/mol. The summed E-state index contributed by atoms with van der Waals surface area (Å²) < 4.78 is 12.9. The number of halogens is 1. The smallest absolute Gasteiger partial charge is 0.315 e. The van der Waals surface area contributed by atoms with Gasteiger partial charge in [0.15, 0.2) is 0 Å². The third-order valence-electron chi connectivity index (χ3n) is 1.56. The number of nitrogens with zero attached hydrogens (tertiary/aromatic N) is 1. The molecule has 1 aromatic rings. The van der Waals surface area contributed by atoms with Crippen molar-refractivity contribution in [2.75, 3.05) is 0 Å². The molecule has 0 radical (unpaired) electrons. The minimum Gasteiger partial charge on any atom is -0.481 e. The Morgan fingerprint density at radius 1 is 1.53 bits per heavy atom. The van der Waals surface area contributed by atoms with Crippen molar-refractivity contribution in [2.24, 2.45) is 0 Å². The number of carboxylic acid groups (broad SMARTS) is 1. The number of rotatable bonds is 1. The monoisotopic (exact) mass is 203 g/mol. The van der Waals surface area contributed by atoms with Gasteiger partial charge in [0.05, 0.1) is 5.56 Å². The summed E-state index contributed by atoms with van der Waals surface area (Å²) in [6, 6.07) is 5.48. The molecule has 0 amide bonds. The van der Waals surface area contributed by atoms with Crippen LogP contribution in [-0.4, -0.2) is 11.1 Å². The van der Waals surface area contributed by atoms with Crippen LogP contribution in [0.5, 0.6) is 0 Å². The van der Waals surface area contributed by atoms with E-state index in [0.29, 0.717) is 5.56 Å². The van der Waals surface area contributed by atoms with E-state index in [2.05, 4.69) is 11.8 Å². The zero-order valence-corrected chi connectivity index (χ0v) is 7.62. The van der Waals surface area contributed by atoms with Crippen LogP contribution in [0.25, 0.3) is 0 Å². The van der Waals surface area contributed by atoms with Crippen LogP contribution in [0.2, 0.25) is 0 Å². The highest BCUT2D eigenvalue weighted by Gasteiger charge is 2.00. The molecule has 3 nitrogen and oxygen atoms in total. The number of carboxylic acids is 1. The fraction of sp³-hybridized carbons (Fsp3) is 0.0909. The van der Waals surface area contributed by atoms with E-state index >= 15 is 0 Å².